The molecule has 0 aromatic carbocycles. The first kappa shape index (κ1) is 8.23. The third kappa shape index (κ3) is 2.92. The van der Waals surface area contributed by atoms with Crippen LogP contribution in [0.5, 0.6) is 0 Å². The van der Waals surface area contributed by atoms with Crippen molar-refractivity contribution in [2.24, 2.45) is 10.9 Å². The number of oxime groups is 1. The highest BCUT2D eigenvalue weighted by Gasteiger charge is 2.04. The van der Waals surface area contributed by atoms with Crippen LogP contribution >= 0.6 is 0 Å². The normalized spacial score (nSPS) is 15.6. The van der Waals surface area contributed by atoms with Gasteiger partial charge in [0.2, 0.25) is 0 Å². The van der Waals surface area contributed by atoms with E-state index in [0.29, 0.717) is 6.61 Å². The van der Waals surface area contributed by atoms with E-state index < -0.39 is 0 Å². The molecule has 0 spiro atoms. The zero-order valence-corrected chi connectivity index (χ0v) is 5.66. The van der Waals surface area contributed by atoms with Crippen LogP contribution in [0.4, 0.5) is 0 Å². The Hall–Kier alpha value is -0.770. The summed E-state index contributed by atoms with van der Waals surface area (Å²) in [6.07, 6.45) is -0.292. The maximum atomic E-state index is 8.11. The third-order valence-corrected chi connectivity index (χ3v) is 0.949. The topological polar surface area (TPSA) is 67.8 Å². The van der Waals surface area contributed by atoms with Gasteiger partial charge in [0.1, 0.15) is 6.10 Å². The van der Waals surface area contributed by atoms with E-state index in [0.717, 1.165) is 0 Å². The average Bonchev–Trinajstić information content (AvgIpc) is 1.87. The molecule has 0 aliphatic heterocycles. The Morgan fingerprint density at radius 2 is 2.44 bits per heavy atom. The minimum Gasteiger partial charge on any atom is -0.409 e. The Morgan fingerprint density at radius 3 is 2.78 bits per heavy atom. The van der Waals surface area contributed by atoms with Gasteiger partial charge in [-0.1, -0.05) is 5.16 Å². The molecule has 0 bridgehead atoms. The largest absolute Gasteiger partial charge is 0.409 e. The molecule has 9 heavy (non-hydrogen) atoms. The molecule has 0 aromatic rings. The van der Waals surface area contributed by atoms with Gasteiger partial charge < -0.3 is 15.7 Å². The van der Waals surface area contributed by atoms with Crippen LogP contribution in [-0.4, -0.2) is 23.8 Å². The second-order valence-electron chi connectivity index (χ2n) is 1.62. The Kier molecular flexibility index (Phi) is 3.79. The summed E-state index contributed by atoms with van der Waals surface area (Å²) in [7, 11) is 0. The number of rotatable bonds is 3. The zero-order valence-electron chi connectivity index (χ0n) is 5.66. The summed E-state index contributed by atoms with van der Waals surface area (Å²) in [5.74, 6) is 0.108. The van der Waals surface area contributed by atoms with E-state index >= 15 is 0 Å². The van der Waals surface area contributed by atoms with E-state index in [1.165, 1.54) is 0 Å². The van der Waals surface area contributed by atoms with Crippen molar-refractivity contribution < 1.29 is 9.94 Å². The second kappa shape index (κ2) is 4.14. The summed E-state index contributed by atoms with van der Waals surface area (Å²) in [6.45, 7) is 4.14. The van der Waals surface area contributed by atoms with Gasteiger partial charge in [0, 0.05) is 6.61 Å². The Bertz CT molecular complexity index is 103. The number of amidine groups is 1. The summed E-state index contributed by atoms with van der Waals surface area (Å²) in [6, 6.07) is 0. The monoisotopic (exact) mass is 132 g/mol. The summed E-state index contributed by atoms with van der Waals surface area (Å²) in [5.41, 5.74) is 5.18. The van der Waals surface area contributed by atoms with Gasteiger partial charge in [0.05, 0.1) is 0 Å². The smallest absolute Gasteiger partial charge is 0.168 e. The lowest BCUT2D eigenvalue weighted by Gasteiger charge is -2.07. The lowest BCUT2D eigenvalue weighted by Crippen LogP contribution is -2.28. The fraction of sp³-hybridized carbons (Fsp3) is 0.800. The predicted octanol–water partition coefficient (Wildman–Crippen LogP) is 0.158. The molecule has 4 nitrogen and oxygen atoms in total. The molecule has 0 radical (unpaired) electrons. The van der Waals surface area contributed by atoms with Crippen molar-refractivity contribution in [2.45, 2.75) is 20.0 Å². The Balaban J connectivity index is 3.59. The SMILES string of the molecule is CCO[C@H](C)/C(N)=N\O. The number of nitrogens with zero attached hydrogens (tertiary/aromatic N) is 1. The quantitative estimate of drug-likeness (QED) is 0.249. The van der Waals surface area contributed by atoms with Gasteiger partial charge in [-0.25, -0.2) is 0 Å². The van der Waals surface area contributed by atoms with E-state index in [2.05, 4.69) is 5.16 Å². The molecule has 0 unspecified atom stereocenters. The first-order valence-electron chi connectivity index (χ1n) is 2.81. The van der Waals surface area contributed by atoms with Gasteiger partial charge in [0.25, 0.3) is 0 Å². The van der Waals surface area contributed by atoms with E-state index in [1.807, 2.05) is 6.92 Å². The molecule has 0 aromatic heterocycles. The van der Waals surface area contributed by atoms with Crippen LogP contribution in [0, 0.1) is 0 Å². The van der Waals surface area contributed by atoms with Crippen LogP contribution in [0.2, 0.25) is 0 Å². The standard InChI is InChI=1S/C5H12N2O2/c1-3-9-4(2)5(6)7-8/h4,8H,3H2,1-2H3,(H2,6,7)/t4-/m1/s1. The van der Waals surface area contributed by atoms with Crippen LogP contribution in [-0.2, 0) is 4.74 Å². The fourth-order valence-corrected chi connectivity index (χ4v) is 0.417. The van der Waals surface area contributed by atoms with E-state index in [4.69, 9.17) is 15.7 Å². The summed E-state index contributed by atoms with van der Waals surface area (Å²) < 4.78 is 4.98. The molecule has 3 N–H and O–H groups in total. The highest BCUT2D eigenvalue weighted by Crippen LogP contribution is 1.88. The van der Waals surface area contributed by atoms with Crippen molar-refractivity contribution >= 4 is 5.84 Å². The second-order valence-corrected chi connectivity index (χ2v) is 1.62. The molecule has 0 saturated heterocycles. The molecule has 0 saturated carbocycles. The lowest BCUT2D eigenvalue weighted by molar-refractivity contribution is 0.118. The minimum atomic E-state index is -0.292. The van der Waals surface area contributed by atoms with Crippen molar-refractivity contribution in [3.63, 3.8) is 0 Å². The van der Waals surface area contributed by atoms with Gasteiger partial charge >= 0.3 is 0 Å². The van der Waals surface area contributed by atoms with Crippen LogP contribution < -0.4 is 5.73 Å². The van der Waals surface area contributed by atoms with Crippen LogP contribution in [0.15, 0.2) is 5.16 Å². The van der Waals surface area contributed by atoms with Gasteiger partial charge in [-0.05, 0) is 13.8 Å². The number of hydrogen-bond acceptors (Lipinski definition) is 3. The molecule has 0 rings (SSSR count). The molecule has 1 atom stereocenters. The molecular formula is C5H12N2O2. The van der Waals surface area contributed by atoms with Gasteiger partial charge in [-0.15, -0.1) is 0 Å². The number of hydrogen-bond donors (Lipinski definition) is 2. The van der Waals surface area contributed by atoms with Gasteiger partial charge in [0.15, 0.2) is 5.84 Å². The van der Waals surface area contributed by atoms with Crippen molar-refractivity contribution in [1.29, 1.82) is 0 Å². The molecule has 0 amide bonds. The molecule has 54 valence electrons. The van der Waals surface area contributed by atoms with E-state index in [-0.39, 0.29) is 11.9 Å². The van der Waals surface area contributed by atoms with Crippen molar-refractivity contribution in [1.82, 2.24) is 0 Å². The van der Waals surface area contributed by atoms with Crippen LogP contribution in [0.1, 0.15) is 13.8 Å². The predicted molar refractivity (Wildman–Crippen MR) is 34.5 cm³/mol. The van der Waals surface area contributed by atoms with Crippen LogP contribution in [0.3, 0.4) is 0 Å². The zero-order chi connectivity index (χ0) is 7.28. The van der Waals surface area contributed by atoms with Gasteiger partial charge in [-0.3, -0.25) is 0 Å². The van der Waals surface area contributed by atoms with E-state index in [9.17, 15) is 0 Å². The van der Waals surface area contributed by atoms with Crippen molar-refractivity contribution in [3.05, 3.63) is 0 Å². The highest BCUT2D eigenvalue weighted by atomic mass is 16.5. The molecule has 4 heteroatoms. The van der Waals surface area contributed by atoms with Crippen molar-refractivity contribution in [2.75, 3.05) is 6.61 Å². The summed E-state index contributed by atoms with van der Waals surface area (Å²) >= 11 is 0. The maximum absolute atomic E-state index is 8.11. The summed E-state index contributed by atoms with van der Waals surface area (Å²) in [4.78, 5) is 0. The number of nitrogens with two attached hydrogens (primary N) is 1. The minimum absolute atomic E-state index is 0.108. The molecule has 0 fully saturated rings. The van der Waals surface area contributed by atoms with Crippen LogP contribution in [0.25, 0.3) is 0 Å². The maximum Gasteiger partial charge on any atom is 0.168 e. The fourth-order valence-electron chi connectivity index (χ4n) is 0.417. The third-order valence-electron chi connectivity index (χ3n) is 0.949. The molecule has 0 heterocycles. The van der Waals surface area contributed by atoms with E-state index in [1.54, 1.807) is 6.92 Å². The first-order chi connectivity index (χ1) is 4.22. The molecule has 0 aliphatic carbocycles. The van der Waals surface area contributed by atoms with Crippen molar-refractivity contribution in [3.8, 4) is 0 Å². The Morgan fingerprint density at radius 1 is 1.89 bits per heavy atom. The highest BCUT2D eigenvalue weighted by molar-refractivity contribution is 5.83. The summed E-state index contributed by atoms with van der Waals surface area (Å²) in [5, 5.41) is 10.9. The number of ether oxygens (including phenoxy) is 1. The molecule has 0 aliphatic rings. The lowest BCUT2D eigenvalue weighted by atomic mass is 10.4. The Labute approximate surface area is 54.3 Å². The first-order valence-corrected chi connectivity index (χ1v) is 2.81. The van der Waals surface area contributed by atoms with Gasteiger partial charge in [-0.2, -0.15) is 0 Å². The molecular weight excluding hydrogens is 120 g/mol. The average molecular weight is 132 g/mol.